The van der Waals surface area contributed by atoms with Crippen molar-refractivity contribution in [3.05, 3.63) is 47.1 Å². The summed E-state index contributed by atoms with van der Waals surface area (Å²) in [5.41, 5.74) is 1.75. The molecule has 0 spiro atoms. The summed E-state index contributed by atoms with van der Waals surface area (Å²) in [6.45, 7) is 2.96. The summed E-state index contributed by atoms with van der Waals surface area (Å²) >= 11 is 6.08. The largest absolute Gasteiger partial charge is 0.376 e. The van der Waals surface area contributed by atoms with Crippen LogP contribution in [0, 0.1) is 0 Å². The van der Waals surface area contributed by atoms with Gasteiger partial charge in [-0.15, -0.1) is 5.10 Å². The third-order valence-corrected chi connectivity index (χ3v) is 6.55. The quantitative estimate of drug-likeness (QED) is 0.769. The molecule has 1 amide bonds. The Labute approximate surface area is 177 Å². The monoisotopic (exact) mass is 413 g/mol. The Kier molecular flexibility index (Phi) is 5.63. The normalized spacial score (nSPS) is 18.7. The molecule has 154 valence electrons. The Morgan fingerprint density at radius 2 is 1.72 bits per heavy atom. The lowest BCUT2D eigenvalue weighted by atomic mass is 9.77. The molecule has 2 heterocycles. The van der Waals surface area contributed by atoms with Gasteiger partial charge in [0.25, 0.3) is 0 Å². The molecule has 2 aliphatic rings. The number of rotatable bonds is 4. The standard InChI is InChI=1S/C22H28ClN5O/c1-26(2)19-15-20(25-24-16-19)27-11-13-28(14-12-27)21(29)22(9-3-4-10-22)17-5-7-18(23)8-6-17/h5-8,15-16H,3-4,9-14H2,1-2H3. The summed E-state index contributed by atoms with van der Waals surface area (Å²) in [6.07, 6.45) is 5.80. The van der Waals surface area contributed by atoms with E-state index >= 15 is 0 Å². The van der Waals surface area contributed by atoms with Crippen molar-refractivity contribution in [3.8, 4) is 0 Å². The molecule has 1 aliphatic carbocycles. The summed E-state index contributed by atoms with van der Waals surface area (Å²) < 4.78 is 0. The summed E-state index contributed by atoms with van der Waals surface area (Å²) in [4.78, 5) is 19.9. The molecule has 2 fully saturated rings. The van der Waals surface area contributed by atoms with E-state index in [1.807, 2.05) is 48.2 Å². The van der Waals surface area contributed by atoms with Gasteiger partial charge in [-0.2, -0.15) is 5.10 Å². The molecule has 0 unspecified atom stereocenters. The number of hydrogen-bond donors (Lipinski definition) is 0. The van der Waals surface area contributed by atoms with Gasteiger partial charge in [-0.05, 0) is 30.5 Å². The number of hydrogen-bond acceptors (Lipinski definition) is 5. The highest BCUT2D eigenvalue weighted by molar-refractivity contribution is 6.30. The fourth-order valence-corrected chi connectivity index (χ4v) is 4.69. The van der Waals surface area contributed by atoms with Gasteiger partial charge in [-0.1, -0.05) is 36.6 Å². The highest BCUT2D eigenvalue weighted by Crippen LogP contribution is 2.43. The number of carbonyl (C=O) groups is 1. The first-order valence-corrected chi connectivity index (χ1v) is 10.7. The van der Waals surface area contributed by atoms with E-state index in [4.69, 9.17) is 11.6 Å². The summed E-state index contributed by atoms with van der Waals surface area (Å²) in [5.74, 6) is 1.14. The first kappa shape index (κ1) is 20.0. The maximum atomic E-state index is 13.6. The highest BCUT2D eigenvalue weighted by atomic mass is 35.5. The maximum absolute atomic E-state index is 13.6. The van der Waals surface area contributed by atoms with Crippen LogP contribution in [-0.2, 0) is 10.2 Å². The van der Waals surface area contributed by atoms with Crippen LogP contribution in [0.1, 0.15) is 31.2 Å². The van der Waals surface area contributed by atoms with E-state index in [1.165, 1.54) is 0 Å². The molecule has 1 aromatic heterocycles. The lowest BCUT2D eigenvalue weighted by Crippen LogP contribution is -2.54. The van der Waals surface area contributed by atoms with Crippen LogP contribution < -0.4 is 9.80 Å². The molecular formula is C22H28ClN5O. The van der Waals surface area contributed by atoms with Gasteiger partial charge in [-0.25, -0.2) is 0 Å². The Bertz CT molecular complexity index is 856. The molecule has 4 rings (SSSR count). The van der Waals surface area contributed by atoms with Gasteiger partial charge in [0.1, 0.15) is 0 Å². The van der Waals surface area contributed by atoms with E-state index in [0.29, 0.717) is 18.1 Å². The first-order valence-electron chi connectivity index (χ1n) is 10.3. The van der Waals surface area contributed by atoms with E-state index < -0.39 is 5.41 Å². The van der Waals surface area contributed by atoms with Crippen LogP contribution in [0.4, 0.5) is 11.5 Å². The molecule has 0 radical (unpaired) electrons. The number of anilines is 2. The second kappa shape index (κ2) is 8.19. The molecule has 1 saturated carbocycles. The molecule has 1 saturated heterocycles. The fraction of sp³-hybridized carbons (Fsp3) is 0.500. The van der Waals surface area contributed by atoms with Gasteiger partial charge in [0.15, 0.2) is 5.82 Å². The first-order chi connectivity index (χ1) is 14.0. The molecule has 0 N–H and O–H groups in total. The van der Waals surface area contributed by atoms with Crippen molar-refractivity contribution in [2.45, 2.75) is 31.1 Å². The van der Waals surface area contributed by atoms with E-state index in [-0.39, 0.29) is 5.91 Å². The number of benzene rings is 1. The Morgan fingerprint density at radius 1 is 1.07 bits per heavy atom. The van der Waals surface area contributed by atoms with E-state index in [0.717, 1.165) is 55.8 Å². The van der Waals surface area contributed by atoms with Crippen molar-refractivity contribution in [2.75, 3.05) is 50.1 Å². The molecule has 7 heteroatoms. The van der Waals surface area contributed by atoms with Crippen LogP contribution in [0.25, 0.3) is 0 Å². The Hall–Kier alpha value is -2.34. The van der Waals surface area contributed by atoms with Gasteiger partial charge in [0, 0.05) is 51.4 Å². The number of amides is 1. The van der Waals surface area contributed by atoms with Gasteiger partial charge >= 0.3 is 0 Å². The van der Waals surface area contributed by atoms with Gasteiger partial charge in [0.05, 0.1) is 17.3 Å². The van der Waals surface area contributed by atoms with Crippen LogP contribution in [-0.4, -0.2) is 61.3 Å². The lowest BCUT2D eigenvalue weighted by molar-refractivity contribution is -0.137. The molecule has 1 aliphatic heterocycles. The zero-order valence-electron chi connectivity index (χ0n) is 17.1. The smallest absolute Gasteiger partial charge is 0.233 e. The zero-order valence-corrected chi connectivity index (χ0v) is 17.9. The lowest BCUT2D eigenvalue weighted by Gasteiger charge is -2.40. The van der Waals surface area contributed by atoms with E-state index in [2.05, 4.69) is 21.2 Å². The topological polar surface area (TPSA) is 52.6 Å². The van der Waals surface area contributed by atoms with E-state index in [9.17, 15) is 4.79 Å². The summed E-state index contributed by atoms with van der Waals surface area (Å²) in [6, 6.07) is 9.92. The van der Waals surface area contributed by atoms with Crippen molar-refractivity contribution in [1.29, 1.82) is 0 Å². The highest BCUT2D eigenvalue weighted by Gasteiger charge is 2.45. The van der Waals surface area contributed by atoms with Gasteiger partial charge in [-0.3, -0.25) is 4.79 Å². The molecule has 2 aromatic rings. The summed E-state index contributed by atoms with van der Waals surface area (Å²) in [5, 5.41) is 9.14. The number of carbonyl (C=O) groups excluding carboxylic acids is 1. The third kappa shape index (κ3) is 3.90. The molecule has 29 heavy (non-hydrogen) atoms. The minimum absolute atomic E-state index is 0.269. The second-order valence-electron chi connectivity index (χ2n) is 8.24. The van der Waals surface area contributed by atoms with Crippen LogP contribution in [0.3, 0.4) is 0 Å². The van der Waals surface area contributed by atoms with Crippen LogP contribution in [0.5, 0.6) is 0 Å². The van der Waals surface area contributed by atoms with Crippen molar-refractivity contribution in [3.63, 3.8) is 0 Å². The molecule has 1 aromatic carbocycles. The number of piperazine rings is 1. The minimum atomic E-state index is -0.391. The van der Waals surface area contributed by atoms with Crippen molar-refractivity contribution < 1.29 is 4.79 Å². The zero-order chi connectivity index (χ0) is 20.4. The van der Waals surface area contributed by atoms with Crippen molar-refractivity contribution >= 4 is 29.0 Å². The number of halogens is 1. The molecular weight excluding hydrogens is 386 g/mol. The average molecular weight is 414 g/mol. The van der Waals surface area contributed by atoms with Gasteiger partial charge in [0.2, 0.25) is 5.91 Å². The van der Waals surface area contributed by atoms with Crippen LogP contribution in [0.2, 0.25) is 5.02 Å². The van der Waals surface area contributed by atoms with Crippen molar-refractivity contribution in [1.82, 2.24) is 15.1 Å². The predicted molar refractivity (Wildman–Crippen MR) is 117 cm³/mol. The number of nitrogens with zero attached hydrogens (tertiary/aromatic N) is 5. The SMILES string of the molecule is CN(C)c1cnnc(N2CCN(C(=O)C3(c4ccc(Cl)cc4)CCCC3)CC2)c1. The second-order valence-corrected chi connectivity index (χ2v) is 8.68. The average Bonchev–Trinajstić information content (AvgIpc) is 3.25. The number of aromatic nitrogens is 2. The van der Waals surface area contributed by atoms with Crippen LogP contribution in [0.15, 0.2) is 36.5 Å². The summed E-state index contributed by atoms with van der Waals surface area (Å²) in [7, 11) is 3.99. The Morgan fingerprint density at radius 3 is 2.34 bits per heavy atom. The minimum Gasteiger partial charge on any atom is -0.376 e. The molecule has 6 nitrogen and oxygen atoms in total. The fourth-order valence-electron chi connectivity index (χ4n) is 4.56. The van der Waals surface area contributed by atoms with E-state index in [1.54, 1.807) is 6.20 Å². The predicted octanol–water partition coefficient (Wildman–Crippen LogP) is 3.36. The van der Waals surface area contributed by atoms with Gasteiger partial charge < -0.3 is 14.7 Å². The molecule has 0 atom stereocenters. The van der Waals surface area contributed by atoms with Crippen LogP contribution >= 0.6 is 11.6 Å². The molecule has 0 bridgehead atoms. The van der Waals surface area contributed by atoms with Crippen molar-refractivity contribution in [2.24, 2.45) is 0 Å². The third-order valence-electron chi connectivity index (χ3n) is 6.30. The maximum Gasteiger partial charge on any atom is 0.233 e. The Balaban J connectivity index is 1.48.